The summed E-state index contributed by atoms with van der Waals surface area (Å²) >= 11 is 0. The zero-order valence-corrected chi connectivity index (χ0v) is 16.9. The largest absolute Gasteiger partial charge is 0.477 e. The van der Waals surface area contributed by atoms with E-state index in [0.717, 1.165) is 19.3 Å². The first-order valence-electron chi connectivity index (χ1n) is 10.6. The lowest BCUT2D eigenvalue weighted by molar-refractivity contribution is -0.148. The van der Waals surface area contributed by atoms with Crippen molar-refractivity contribution in [1.29, 1.82) is 5.26 Å². The average Bonchev–Trinajstić information content (AvgIpc) is 3.26. The number of carbonyl (C=O) groups excluding carboxylic acids is 1. The van der Waals surface area contributed by atoms with E-state index in [1.165, 1.54) is 17.3 Å². The summed E-state index contributed by atoms with van der Waals surface area (Å²) in [4.78, 5) is 21.7. The Labute approximate surface area is 179 Å². The smallest absolute Gasteiger partial charge is 0.246 e. The van der Waals surface area contributed by atoms with Crippen molar-refractivity contribution in [2.75, 3.05) is 6.61 Å². The van der Waals surface area contributed by atoms with Crippen molar-refractivity contribution in [2.24, 2.45) is 28.8 Å². The number of carbonyl (C=O) groups is 1. The third kappa shape index (κ3) is 3.65. The summed E-state index contributed by atoms with van der Waals surface area (Å²) in [5.41, 5.74) is 0.755. The fraction of sp³-hybridized carbons (Fsp3) is 0.435. The summed E-state index contributed by atoms with van der Waals surface area (Å²) < 4.78 is 20.1. The van der Waals surface area contributed by atoms with Gasteiger partial charge in [0.25, 0.3) is 0 Å². The van der Waals surface area contributed by atoms with Gasteiger partial charge in [-0.15, -0.1) is 0 Å². The molecule has 8 heteroatoms. The van der Waals surface area contributed by atoms with Gasteiger partial charge >= 0.3 is 0 Å². The molecule has 0 aromatic carbocycles. The van der Waals surface area contributed by atoms with Crippen molar-refractivity contribution < 1.29 is 13.9 Å². The van der Waals surface area contributed by atoms with Crippen molar-refractivity contribution in [3.63, 3.8) is 0 Å². The van der Waals surface area contributed by atoms with Crippen LogP contribution >= 0.6 is 0 Å². The highest BCUT2D eigenvalue weighted by molar-refractivity contribution is 5.82. The van der Waals surface area contributed by atoms with Crippen LogP contribution in [0.5, 0.6) is 5.88 Å². The standard InChI is InChI=1S/C23H22FN5O2/c24-19-2-1-6-26-22(19)20-5-7-28-29(20)23(30)18-10-17(15-8-16(18)9-15)13-31-21-4-3-14(11-25)12-27-21/h1-4,6-7,12,15-18,20H,5,8-10,13H2/t15?,16?,17?,18-,20?/m0/s1. The number of halogens is 1. The number of aromatic nitrogens is 2. The predicted molar refractivity (Wildman–Crippen MR) is 109 cm³/mol. The van der Waals surface area contributed by atoms with Crippen LogP contribution in [0, 0.1) is 40.8 Å². The number of ether oxygens (including phenoxy) is 1. The summed E-state index contributed by atoms with van der Waals surface area (Å²) in [7, 11) is 0. The van der Waals surface area contributed by atoms with E-state index in [1.807, 2.05) is 6.07 Å². The summed E-state index contributed by atoms with van der Waals surface area (Å²) in [5, 5.41) is 14.6. The van der Waals surface area contributed by atoms with Crippen LogP contribution in [0.4, 0.5) is 4.39 Å². The van der Waals surface area contributed by atoms with Gasteiger partial charge in [-0.2, -0.15) is 10.4 Å². The molecule has 158 valence electrons. The molecule has 3 fully saturated rings. The van der Waals surface area contributed by atoms with E-state index >= 15 is 0 Å². The maximum Gasteiger partial charge on any atom is 0.246 e. The minimum Gasteiger partial charge on any atom is -0.477 e. The van der Waals surface area contributed by atoms with Crippen molar-refractivity contribution in [2.45, 2.75) is 31.7 Å². The Balaban J connectivity index is 1.26. The molecule has 3 atom stereocenters. The number of hydrogen-bond donors (Lipinski definition) is 0. The molecule has 3 saturated carbocycles. The van der Waals surface area contributed by atoms with Crippen LogP contribution in [0.2, 0.25) is 0 Å². The van der Waals surface area contributed by atoms with E-state index in [-0.39, 0.29) is 23.4 Å². The SMILES string of the molecule is N#Cc1ccc(OCC2C[C@H](C(=O)N3N=CCC3c3ncccc3F)C3CC2C3)nc1. The number of amides is 1. The topological polar surface area (TPSA) is 91.5 Å². The Bertz CT molecular complexity index is 1040. The maximum atomic E-state index is 14.3. The van der Waals surface area contributed by atoms with Gasteiger partial charge in [-0.1, -0.05) is 0 Å². The van der Waals surface area contributed by atoms with E-state index in [4.69, 9.17) is 10.00 Å². The molecule has 7 nitrogen and oxygen atoms in total. The highest BCUT2D eigenvalue weighted by Crippen LogP contribution is 2.53. The van der Waals surface area contributed by atoms with Crippen molar-refractivity contribution >= 4 is 12.1 Å². The number of fused-ring (bicyclic) bond motifs is 2. The molecule has 0 N–H and O–H groups in total. The Hall–Kier alpha value is -3.34. The first kappa shape index (κ1) is 19.6. The second kappa shape index (κ2) is 8.06. The Morgan fingerprint density at radius 3 is 2.84 bits per heavy atom. The molecule has 1 amide bonds. The number of nitrogens with zero attached hydrogens (tertiary/aromatic N) is 5. The molecule has 2 aromatic rings. The van der Waals surface area contributed by atoms with Crippen LogP contribution in [0.15, 0.2) is 41.8 Å². The fourth-order valence-corrected chi connectivity index (χ4v) is 5.03. The zero-order chi connectivity index (χ0) is 21.4. The molecule has 2 aromatic heterocycles. The molecule has 2 bridgehead atoms. The maximum absolute atomic E-state index is 14.3. The van der Waals surface area contributed by atoms with Crippen molar-refractivity contribution in [1.82, 2.24) is 15.0 Å². The van der Waals surface area contributed by atoms with Crippen LogP contribution in [0.25, 0.3) is 0 Å². The molecule has 0 radical (unpaired) electrons. The molecular weight excluding hydrogens is 397 g/mol. The molecule has 1 aliphatic heterocycles. The molecular formula is C23H22FN5O2. The van der Waals surface area contributed by atoms with Gasteiger partial charge in [0.2, 0.25) is 11.8 Å². The molecule has 2 unspecified atom stereocenters. The van der Waals surface area contributed by atoms with Crippen LogP contribution in [0.1, 0.15) is 43.0 Å². The van der Waals surface area contributed by atoms with Crippen molar-refractivity contribution in [3.8, 4) is 11.9 Å². The Morgan fingerprint density at radius 2 is 2.10 bits per heavy atom. The van der Waals surface area contributed by atoms with E-state index in [9.17, 15) is 9.18 Å². The molecule has 3 aliphatic carbocycles. The van der Waals surface area contributed by atoms with E-state index in [0.29, 0.717) is 36.3 Å². The number of hydrazone groups is 1. The quantitative estimate of drug-likeness (QED) is 0.740. The van der Waals surface area contributed by atoms with Gasteiger partial charge < -0.3 is 4.74 Å². The van der Waals surface area contributed by atoms with Crippen LogP contribution < -0.4 is 4.74 Å². The van der Waals surface area contributed by atoms with Gasteiger partial charge in [0.1, 0.15) is 23.6 Å². The summed E-state index contributed by atoms with van der Waals surface area (Å²) in [6.07, 6.45) is 7.91. The van der Waals surface area contributed by atoms with Gasteiger partial charge in [0.15, 0.2) is 0 Å². The lowest BCUT2D eigenvalue weighted by Gasteiger charge is -2.51. The molecule has 0 spiro atoms. The number of rotatable bonds is 5. The van der Waals surface area contributed by atoms with Crippen LogP contribution in [-0.4, -0.2) is 33.7 Å². The minimum absolute atomic E-state index is 0.0477. The third-order valence-corrected chi connectivity index (χ3v) is 6.79. The summed E-state index contributed by atoms with van der Waals surface area (Å²) in [6.45, 7) is 0.488. The lowest BCUT2D eigenvalue weighted by atomic mass is 9.55. The molecule has 4 aliphatic rings. The first-order valence-corrected chi connectivity index (χ1v) is 10.6. The van der Waals surface area contributed by atoms with E-state index < -0.39 is 11.9 Å². The average molecular weight is 419 g/mol. The normalized spacial score (nSPS) is 28.6. The molecule has 31 heavy (non-hydrogen) atoms. The summed E-state index contributed by atoms with van der Waals surface area (Å²) in [5.74, 6) is 1.05. The van der Waals surface area contributed by atoms with E-state index in [1.54, 1.807) is 30.6 Å². The molecule has 6 rings (SSSR count). The highest BCUT2D eigenvalue weighted by atomic mass is 19.1. The number of pyridine rings is 2. The Morgan fingerprint density at radius 1 is 1.23 bits per heavy atom. The summed E-state index contributed by atoms with van der Waals surface area (Å²) in [6, 6.07) is 7.84. The Kier molecular flexibility index (Phi) is 5.10. The zero-order valence-electron chi connectivity index (χ0n) is 16.9. The fourth-order valence-electron chi connectivity index (χ4n) is 5.03. The van der Waals surface area contributed by atoms with Gasteiger partial charge in [0, 0.05) is 37.0 Å². The first-order chi connectivity index (χ1) is 15.1. The monoisotopic (exact) mass is 419 g/mol. The van der Waals surface area contributed by atoms with Gasteiger partial charge in [-0.3, -0.25) is 9.78 Å². The van der Waals surface area contributed by atoms with Gasteiger partial charge in [-0.25, -0.2) is 14.4 Å². The predicted octanol–water partition coefficient (Wildman–Crippen LogP) is 3.49. The highest BCUT2D eigenvalue weighted by Gasteiger charge is 2.50. The third-order valence-electron chi connectivity index (χ3n) is 6.79. The van der Waals surface area contributed by atoms with Crippen LogP contribution in [-0.2, 0) is 4.79 Å². The van der Waals surface area contributed by atoms with Gasteiger partial charge in [-0.05, 0) is 55.2 Å². The van der Waals surface area contributed by atoms with E-state index in [2.05, 4.69) is 15.1 Å². The van der Waals surface area contributed by atoms with Crippen LogP contribution in [0.3, 0.4) is 0 Å². The number of nitriles is 1. The van der Waals surface area contributed by atoms with Crippen molar-refractivity contribution in [3.05, 3.63) is 53.7 Å². The lowest BCUT2D eigenvalue weighted by Crippen LogP contribution is -2.50. The van der Waals surface area contributed by atoms with Gasteiger partial charge in [0.05, 0.1) is 12.2 Å². The molecule has 0 saturated heterocycles. The molecule has 3 heterocycles. The second-order valence-corrected chi connectivity index (χ2v) is 8.50. The number of hydrogen-bond acceptors (Lipinski definition) is 6. The second-order valence-electron chi connectivity index (χ2n) is 8.50. The minimum atomic E-state index is -0.482.